The molecule has 0 radical (unpaired) electrons. The van der Waals surface area contributed by atoms with Gasteiger partial charge in [0.1, 0.15) is 10.8 Å². The molecule has 0 aliphatic carbocycles. The highest BCUT2D eigenvalue weighted by Crippen LogP contribution is 2.31. The zero-order valence-corrected chi connectivity index (χ0v) is 14.6. The SMILES string of the molecule is CCc1nnc(NC(=O)[C@H]2CC(=O)N(c3n[nH]c4cccc(F)c34)C2)s1. The molecule has 3 aromatic rings. The summed E-state index contributed by atoms with van der Waals surface area (Å²) < 4.78 is 14.1. The molecule has 2 aromatic heterocycles. The normalized spacial score (nSPS) is 17.2. The molecular formula is C16H15FN6O2S. The van der Waals surface area contributed by atoms with Crippen LogP contribution in [-0.4, -0.2) is 38.8 Å². The second-order valence-electron chi connectivity index (χ2n) is 5.96. The lowest BCUT2D eigenvalue weighted by Crippen LogP contribution is -2.28. The Balaban J connectivity index is 1.53. The third-order valence-corrected chi connectivity index (χ3v) is 5.25. The summed E-state index contributed by atoms with van der Waals surface area (Å²) in [6, 6.07) is 4.56. The minimum Gasteiger partial charge on any atom is -0.300 e. The fraction of sp³-hybridized carbons (Fsp3) is 0.312. The van der Waals surface area contributed by atoms with Crippen molar-refractivity contribution in [1.29, 1.82) is 0 Å². The lowest BCUT2D eigenvalue weighted by Gasteiger charge is -2.14. The zero-order chi connectivity index (χ0) is 18.3. The summed E-state index contributed by atoms with van der Waals surface area (Å²) in [6.07, 6.45) is 0.773. The van der Waals surface area contributed by atoms with Crippen molar-refractivity contribution < 1.29 is 14.0 Å². The molecule has 1 aromatic carbocycles. The first kappa shape index (κ1) is 16.6. The number of nitrogens with one attached hydrogen (secondary N) is 2. The summed E-state index contributed by atoms with van der Waals surface area (Å²) in [7, 11) is 0. The summed E-state index contributed by atoms with van der Waals surface area (Å²) >= 11 is 1.30. The number of anilines is 2. The van der Waals surface area contributed by atoms with Gasteiger partial charge in [0.05, 0.1) is 16.8 Å². The van der Waals surface area contributed by atoms with Crippen molar-refractivity contribution >= 4 is 45.0 Å². The molecule has 1 aliphatic heterocycles. The van der Waals surface area contributed by atoms with E-state index in [1.54, 1.807) is 12.1 Å². The fourth-order valence-corrected chi connectivity index (χ4v) is 3.63. The third-order valence-electron chi connectivity index (χ3n) is 4.27. The van der Waals surface area contributed by atoms with Gasteiger partial charge in [0.2, 0.25) is 16.9 Å². The van der Waals surface area contributed by atoms with Gasteiger partial charge < -0.3 is 5.32 Å². The van der Waals surface area contributed by atoms with E-state index in [4.69, 9.17) is 0 Å². The topological polar surface area (TPSA) is 104 Å². The Bertz CT molecular complexity index is 1000. The minimum atomic E-state index is -0.560. The average molecular weight is 374 g/mol. The smallest absolute Gasteiger partial charge is 0.231 e. The summed E-state index contributed by atoms with van der Waals surface area (Å²) in [5.41, 5.74) is 0.502. The molecule has 134 valence electrons. The largest absolute Gasteiger partial charge is 0.300 e. The Hall–Kier alpha value is -2.88. The number of benzene rings is 1. The van der Waals surface area contributed by atoms with Gasteiger partial charge in [-0.2, -0.15) is 5.10 Å². The maximum atomic E-state index is 14.1. The highest BCUT2D eigenvalue weighted by atomic mass is 32.1. The number of carbonyl (C=O) groups excluding carboxylic acids is 2. The van der Waals surface area contributed by atoms with Gasteiger partial charge in [-0.25, -0.2) is 4.39 Å². The number of amides is 2. The van der Waals surface area contributed by atoms with E-state index in [9.17, 15) is 14.0 Å². The van der Waals surface area contributed by atoms with Gasteiger partial charge >= 0.3 is 0 Å². The van der Waals surface area contributed by atoms with E-state index < -0.39 is 11.7 Å². The Labute approximate surface area is 151 Å². The van der Waals surface area contributed by atoms with E-state index >= 15 is 0 Å². The lowest BCUT2D eigenvalue weighted by atomic mass is 10.1. The van der Waals surface area contributed by atoms with Crippen LogP contribution >= 0.6 is 11.3 Å². The standard InChI is InChI=1S/C16H15FN6O2S/c1-2-11-20-22-16(26-11)18-15(25)8-6-12(24)23(7-8)14-13-9(17)4-3-5-10(13)19-21-14/h3-5,8H,2,6-7H2,1H3,(H,19,21)(H,18,22,25)/t8-/m0/s1. The highest BCUT2D eigenvalue weighted by molar-refractivity contribution is 7.15. The number of aryl methyl sites for hydroxylation is 1. The number of halogens is 1. The number of rotatable bonds is 4. The molecule has 2 amide bonds. The monoisotopic (exact) mass is 374 g/mol. The van der Waals surface area contributed by atoms with Crippen molar-refractivity contribution in [2.24, 2.45) is 5.92 Å². The van der Waals surface area contributed by atoms with Gasteiger partial charge in [-0.1, -0.05) is 24.3 Å². The molecule has 1 atom stereocenters. The molecule has 2 N–H and O–H groups in total. The number of aromatic nitrogens is 4. The molecule has 0 saturated carbocycles. The van der Waals surface area contributed by atoms with Gasteiger partial charge in [-0.05, 0) is 18.6 Å². The molecule has 0 spiro atoms. The predicted molar refractivity (Wildman–Crippen MR) is 94.4 cm³/mol. The summed E-state index contributed by atoms with van der Waals surface area (Å²) in [4.78, 5) is 26.2. The van der Waals surface area contributed by atoms with E-state index in [0.29, 0.717) is 10.6 Å². The van der Waals surface area contributed by atoms with Crippen LogP contribution in [0.5, 0.6) is 0 Å². The number of H-pyrrole nitrogens is 1. The summed E-state index contributed by atoms with van der Waals surface area (Å²) in [6.45, 7) is 2.09. The molecular weight excluding hydrogens is 359 g/mol. The first-order valence-corrected chi connectivity index (χ1v) is 8.94. The van der Waals surface area contributed by atoms with Gasteiger partial charge in [0.15, 0.2) is 5.82 Å². The molecule has 0 unspecified atom stereocenters. The first-order chi connectivity index (χ1) is 12.6. The maximum Gasteiger partial charge on any atom is 0.231 e. The van der Waals surface area contributed by atoms with Gasteiger partial charge in [-0.15, -0.1) is 10.2 Å². The fourth-order valence-electron chi connectivity index (χ4n) is 2.95. The molecule has 3 heterocycles. The molecule has 26 heavy (non-hydrogen) atoms. The Kier molecular flexibility index (Phi) is 4.11. The lowest BCUT2D eigenvalue weighted by molar-refractivity contribution is -0.122. The van der Waals surface area contributed by atoms with Crippen molar-refractivity contribution in [1.82, 2.24) is 20.4 Å². The highest BCUT2D eigenvalue weighted by Gasteiger charge is 2.37. The number of carbonyl (C=O) groups is 2. The minimum absolute atomic E-state index is 0.0358. The number of hydrogen-bond acceptors (Lipinski definition) is 6. The Morgan fingerprint density at radius 1 is 1.46 bits per heavy atom. The predicted octanol–water partition coefficient (Wildman–Crippen LogP) is 2.11. The van der Waals surface area contributed by atoms with Crippen LogP contribution in [0.1, 0.15) is 18.4 Å². The number of nitrogens with zero attached hydrogens (tertiary/aromatic N) is 4. The van der Waals surface area contributed by atoms with Crippen LogP contribution in [0.25, 0.3) is 10.9 Å². The molecule has 1 saturated heterocycles. The molecule has 1 fully saturated rings. The first-order valence-electron chi connectivity index (χ1n) is 8.13. The van der Waals surface area contributed by atoms with E-state index in [0.717, 1.165) is 11.4 Å². The van der Waals surface area contributed by atoms with Crippen LogP contribution in [0.15, 0.2) is 18.2 Å². The van der Waals surface area contributed by atoms with Gasteiger partial charge in [-0.3, -0.25) is 19.6 Å². The van der Waals surface area contributed by atoms with Crippen molar-refractivity contribution in [3.05, 3.63) is 29.0 Å². The van der Waals surface area contributed by atoms with Crippen LogP contribution in [0, 0.1) is 11.7 Å². The second kappa shape index (κ2) is 6.45. The van der Waals surface area contributed by atoms with Crippen molar-refractivity contribution in [3.63, 3.8) is 0 Å². The van der Waals surface area contributed by atoms with E-state index in [2.05, 4.69) is 25.7 Å². The quantitative estimate of drug-likeness (QED) is 0.728. The molecule has 0 bridgehead atoms. The number of hydrogen-bond donors (Lipinski definition) is 2. The molecule has 4 rings (SSSR count). The van der Waals surface area contributed by atoms with Crippen LogP contribution in [0.2, 0.25) is 0 Å². The van der Waals surface area contributed by atoms with Crippen LogP contribution in [0.3, 0.4) is 0 Å². The zero-order valence-electron chi connectivity index (χ0n) is 13.8. The van der Waals surface area contributed by atoms with Crippen LogP contribution in [0.4, 0.5) is 15.3 Å². The maximum absolute atomic E-state index is 14.1. The summed E-state index contributed by atoms with van der Waals surface area (Å²) in [5.74, 6) is -1.39. The van der Waals surface area contributed by atoms with Gasteiger partial charge in [0, 0.05) is 13.0 Å². The van der Waals surface area contributed by atoms with Crippen molar-refractivity contribution in [3.8, 4) is 0 Å². The second-order valence-corrected chi connectivity index (χ2v) is 7.02. The van der Waals surface area contributed by atoms with Crippen LogP contribution < -0.4 is 10.2 Å². The summed E-state index contributed by atoms with van der Waals surface area (Å²) in [5, 5.41) is 18.8. The average Bonchev–Trinajstić information content (AvgIpc) is 3.33. The Morgan fingerprint density at radius 2 is 2.31 bits per heavy atom. The number of aromatic amines is 1. The van der Waals surface area contributed by atoms with Crippen molar-refractivity contribution in [2.75, 3.05) is 16.8 Å². The van der Waals surface area contributed by atoms with E-state index in [-0.39, 0.29) is 36.0 Å². The van der Waals surface area contributed by atoms with Crippen LogP contribution in [-0.2, 0) is 16.0 Å². The van der Waals surface area contributed by atoms with Crippen molar-refractivity contribution in [2.45, 2.75) is 19.8 Å². The Morgan fingerprint density at radius 3 is 3.08 bits per heavy atom. The molecule has 10 heteroatoms. The van der Waals surface area contributed by atoms with E-state index in [1.807, 2.05) is 6.92 Å². The van der Waals surface area contributed by atoms with E-state index in [1.165, 1.54) is 22.3 Å². The van der Waals surface area contributed by atoms with Gasteiger partial charge in [0.25, 0.3) is 0 Å². The third kappa shape index (κ3) is 2.81. The number of fused-ring (bicyclic) bond motifs is 1. The molecule has 8 nitrogen and oxygen atoms in total. The molecule has 1 aliphatic rings.